The predicted octanol–water partition coefficient (Wildman–Crippen LogP) is 0.318. The first-order valence-corrected chi connectivity index (χ1v) is 6.54. The first-order chi connectivity index (χ1) is 8.75. The number of rotatable bonds is 2. The average molecular weight is 249 g/mol. The Labute approximate surface area is 107 Å². The van der Waals surface area contributed by atoms with Crippen molar-refractivity contribution < 1.29 is 9.21 Å². The summed E-state index contributed by atoms with van der Waals surface area (Å²) >= 11 is 0. The molecule has 2 aliphatic rings. The zero-order valence-corrected chi connectivity index (χ0v) is 10.7. The number of piperazine rings is 1. The van der Waals surface area contributed by atoms with Gasteiger partial charge in [-0.2, -0.15) is 0 Å². The Bertz CT molecular complexity index is 431. The minimum atomic E-state index is 0.0314. The molecule has 2 aliphatic heterocycles. The molecule has 98 valence electrons. The van der Waals surface area contributed by atoms with Crippen LogP contribution in [0.3, 0.4) is 0 Å². The molecule has 18 heavy (non-hydrogen) atoms. The summed E-state index contributed by atoms with van der Waals surface area (Å²) in [5.74, 6) is 0.526. The molecule has 0 aliphatic carbocycles. The summed E-state index contributed by atoms with van der Waals surface area (Å²) in [7, 11) is 0. The lowest BCUT2D eigenvalue weighted by Crippen LogP contribution is -2.63. The quantitative estimate of drug-likeness (QED) is 0.820. The number of carbonyl (C=O) groups excluding carboxylic acids is 1. The highest BCUT2D eigenvalue weighted by Crippen LogP contribution is 2.20. The van der Waals surface area contributed by atoms with E-state index >= 15 is 0 Å². The topological polar surface area (TPSA) is 48.7 Å². The maximum Gasteiger partial charge on any atom is 0.289 e. The van der Waals surface area contributed by atoms with Crippen LogP contribution in [0.4, 0.5) is 0 Å². The van der Waals surface area contributed by atoms with Crippen LogP contribution in [0.15, 0.2) is 16.7 Å². The van der Waals surface area contributed by atoms with Crippen molar-refractivity contribution in [2.45, 2.75) is 13.0 Å². The van der Waals surface area contributed by atoms with Gasteiger partial charge in [-0.05, 0) is 13.0 Å². The zero-order chi connectivity index (χ0) is 12.5. The van der Waals surface area contributed by atoms with Gasteiger partial charge in [0.05, 0.1) is 6.26 Å². The van der Waals surface area contributed by atoms with E-state index in [1.165, 1.54) is 0 Å². The second-order valence-corrected chi connectivity index (χ2v) is 5.08. The summed E-state index contributed by atoms with van der Waals surface area (Å²) in [6, 6.07) is 2.37. The lowest BCUT2D eigenvalue weighted by atomic mass is 10.1. The van der Waals surface area contributed by atoms with Crippen LogP contribution >= 0.6 is 0 Å². The van der Waals surface area contributed by atoms with Crippen LogP contribution in [0.5, 0.6) is 0 Å². The summed E-state index contributed by atoms with van der Waals surface area (Å²) in [6.45, 7) is 7.87. The largest absolute Gasteiger partial charge is 0.459 e. The highest BCUT2D eigenvalue weighted by molar-refractivity contribution is 5.93. The van der Waals surface area contributed by atoms with E-state index < -0.39 is 0 Å². The summed E-state index contributed by atoms with van der Waals surface area (Å²) < 4.78 is 5.25. The highest BCUT2D eigenvalue weighted by atomic mass is 16.3. The molecule has 0 bridgehead atoms. The molecule has 3 rings (SSSR count). The van der Waals surface area contributed by atoms with Gasteiger partial charge in [-0.15, -0.1) is 0 Å². The molecule has 1 aromatic rings. The summed E-state index contributed by atoms with van der Waals surface area (Å²) in [4.78, 5) is 16.5. The molecule has 0 atom stereocenters. The number of amides is 1. The first kappa shape index (κ1) is 11.7. The summed E-state index contributed by atoms with van der Waals surface area (Å²) in [6.07, 6.45) is 1.58. The van der Waals surface area contributed by atoms with Gasteiger partial charge in [0.2, 0.25) is 0 Å². The lowest BCUT2D eigenvalue weighted by Gasteiger charge is -2.46. The van der Waals surface area contributed by atoms with Crippen molar-refractivity contribution >= 4 is 5.91 Å². The maximum atomic E-state index is 12.1. The molecule has 1 amide bonds. The molecule has 5 heteroatoms. The van der Waals surface area contributed by atoms with Crippen molar-refractivity contribution in [2.24, 2.45) is 0 Å². The van der Waals surface area contributed by atoms with Crippen molar-refractivity contribution in [1.29, 1.82) is 0 Å². The Morgan fingerprint density at radius 2 is 2.11 bits per heavy atom. The van der Waals surface area contributed by atoms with Gasteiger partial charge in [-0.1, -0.05) is 0 Å². The van der Waals surface area contributed by atoms with E-state index in [1.54, 1.807) is 6.26 Å². The van der Waals surface area contributed by atoms with Crippen LogP contribution in [-0.2, 0) is 0 Å². The van der Waals surface area contributed by atoms with Gasteiger partial charge in [0.1, 0.15) is 0 Å². The number of aryl methyl sites for hydroxylation is 1. The fraction of sp³-hybridized carbons (Fsp3) is 0.615. The van der Waals surface area contributed by atoms with Gasteiger partial charge in [0, 0.05) is 50.9 Å². The number of likely N-dealkylation sites (tertiary alicyclic amines) is 1. The minimum Gasteiger partial charge on any atom is -0.459 e. The van der Waals surface area contributed by atoms with E-state index in [1.807, 2.05) is 17.9 Å². The Morgan fingerprint density at radius 1 is 1.39 bits per heavy atom. The summed E-state index contributed by atoms with van der Waals surface area (Å²) in [5, 5.41) is 3.34. The van der Waals surface area contributed by atoms with E-state index in [2.05, 4.69) is 10.2 Å². The fourth-order valence-electron chi connectivity index (χ4n) is 2.63. The van der Waals surface area contributed by atoms with Gasteiger partial charge in [0.15, 0.2) is 5.76 Å². The summed E-state index contributed by atoms with van der Waals surface area (Å²) in [5.41, 5.74) is 0.922. The third-order valence-electron chi connectivity index (χ3n) is 3.87. The second-order valence-electron chi connectivity index (χ2n) is 5.08. The molecule has 0 aromatic carbocycles. The Kier molecular flexibility index (Phi) is 3.09. The van der Waals surface area contributed by atoms with Crippen molar-refractivity contribution in [3.8, 4) is 0 Å². The van der Waals surface area contributed by atoms with Crippen molar-refractivity contribution in [1.82, 2.24) is 15.1 Å². The average Bonchev–Trinajstić information content (AvgIpc) is 2.75. The molecule has 2 fully saturated rings. The molecule has 2 saturated heterocycles. The SMILES string of the molecule is Cc1ccoc1C(=O)N1CC(N2CCNCC2)C1. The number of hydrogen-bond donors (Lipinski definition) is 1. The molecule has 5 nitrogen and oxygen atoms in total. The van der Waals surface area contributed by atoms with Crippen LogP contribution in [0.2, 0.25) is 0 Å². The van der Waals surface area contributed by atoms with Crippen LogP contribution < -0.4 is 5.32 Å². The van der Waals surface area contributed by atoms with Crippen LogP contribution in [0.1, 0.15) is 16.1 Å². The second kappa shape index (κ2) is 4.74. The number of nitrogens with zero attached hydrogens (tertiary/aromatic N) is 2. The third-order valence-corrected chi connectivity index (χ3v) is 3.87. The van der Waals surface area contributed by atoms with Crippen molar-refractivity contribution in [3.05, 3.63) is 23.7 Å². The monoisotopic (exact) mass is 249 g/mol. The molecule has 0 saturated carbocycles. The Hall–Kier alpha value is -1.33. The van der Waals surface area contributed by atoms with E-state index in [0.717, 1.165) is 44.8 Å². The van der Waals surface area contributed by atoms with Crippen molar-refractivity contribution in [2.75, 3.05) is 39.3 Å². The first-order valence-electron chi connectivity index (χ1n) is 6.54. The fourth-order valence-corrected chi connectivity index (χ4v) is 2.63. The van der Waals surface area contributed by atoms with Crippen molar-refractivity contribution in [3.63, 3.8) is 0 Å². The standard InChI is InChI=1S/C13H19N3O2/c1-10-2-7-18-12(10)13(17)16-8-11(9-16)15-5-3-14-4-6-15/h2,7,11,14H,3-6,8-9H2,1H3. The van der Waals surface area contributed by atoms with Gasteiger partial charge in [0.25, 0.3) is 5.91 Å². The number of nitrogens with one attached hydrogen (secondary N) is 1. The molecular weight excluding hydrogens is 230 g/mol. The molecule has 1 N–H and O–H groups in total. The smallest absolute Gasteiger partial charge is 0.289 e. The predicted molar refractivity (Wildman–Crippen MR) is 67.6 cm³/mol. The Morgan fingerprint density at radius 3 is 2.72 bits per heavy atom. The molecular formula is C13H19N3O2. The van der Waals surface area contributed by atoms with E-state index in [9.17, 15) is 4.79 Å². The number of carbonyl (C=O) groups is 1. The van der Waals surface area contributed by atoms with E-state index in [4.69, 9.17) is 4.42 Å². The highest BCUT2D eigenvalue weighted by Gasteiger charge is 2.36. The van der Waals surface area contributed by atoms with E-state index in [-0.39, 0.29) is 5.91 Å². The molecule has 1 aromatic heterocycles. The van der Waals surface area contributed by atoms with Gasteiger partial charge in [-0.3, -0.25) is 9.69 Å². The zero-order valence-electron chi connectivity index (χ0n) is 10.7. The third kappa shape index (κ3) is 2.04. The normalized spacial score (nSPS) is 21.9. The van der Waals surface area contributed by atoms with Crippen LogP contribution in [0.25, 0.3) is 0 Å². The maximum absolute atomic E-state index is 12.1. The molecule has 0 spiro atoms. The molecule has 0 unspecified atom stereocenters. The van der Waals surface area contributed by atoms with Crippen LogP contribution in [-0.4, -0.2) is 61.0 Å². The number of furan rings is 1. The minimum absolute atomic E-state index is 0.0314. The molecule has 3 heterocycles. The van der Waals surface area contributed by atoms with Crippen LogP contribution in [0, 0.1) is 6.92 Å². The van der Waals surface area contributed by atoms with Gasteiger partial charge >= 0.3 is 0 Å². The van der Waals surface area contributed by atoms with Gasteiger partial charge in [-0.25, -0.2) is 0 Å². The number of hydrogen-bond acceptors (Lipinski definition) is 4. The van der Waals surface area contributed by atoms with Gasteiger partial charge < -0.3 is 14.6 Å². The Balaban J connectivity index is 1.55. The molecule has 0 radical (unpaired) electrons. The lowest BCUT2D eigenvalue weighted by molar-refractivity contribution is 0.0204. The van der Waals surface area contributed by atoms with E-state index in [0.29, 0.717) is 11.8 Å².